The maximum atomic E-state index is 12.2. The summed E-state index contributed by atoms with van der Waals surface area (Å²) in [6.07, 6.45) is 5.72. The molecule has 3 aromatic rings. The van der Waals surface area contributed by atoms with Gasteiger partial charge in [0.25, 0.3) is 5.91 Å². The number of carboxylic acids is 1. The van der Waals surface area contributed by atoms with E-state index in [0.717, 1.165) is 48.3 Å². The van der Waals surface area contributed by atoms with Gasteiger partial charge in [-0.2, -0.15) is 0 Å². The van der Waals surface area contributed by atoms with E-state index in [4.69, 9.17) is 14.6 Å². The van der Waals surface area contributed by atoms with Crippen molar-refractivity contribution in [2.45, 2.75) is 45.1 Å². The molecule has 7 nitrogen and oxygen atoms in total. The number of methoxy groups -OCH3 is 1. The summed E-state index contributed by atoms with van der Waals surface area (Å²) >= 11 is 0. The van der Waals surface area contributed by atoms with Gasteiger partial charge < -0.3 is 19.9 Å². The Morgan fingerprint density at radius 3 is 2.29 bits per heavy atom. The fraction of sp³-hybridized carbons (Fsp3) is 0.321. The van der Waals surface area contributed by atoms with Crippen LogP contribution in [0.2, 0.25) is 0 Å². The first-order valence-electron chi connectivity index (χ1n) is 11.9. The van der Waals surface area contributed by atoms with Crippen molar-refractivity contribution in [2.75, 3.05) is 13.7 Å². The number of carboxylic acid groups (broad SMARTS) is 1. The summed E-state index contributed by atoms with van der Waals surface area (Å²) < 4.78 is 11.5. The highest BCUT2D eigenvalue weighted by Crippen LogP contribution is 2.28. The smallest absolute Gasteiger partial charge is 0.305 e. The summed E-state index contributed by atoms with van der Waals surface area (Å²) in [7, 11) is 1.64. The van der Waals surface area contributed by atoms with Crippen molar-refractivity contribution < 1.29 is 24.2 Å². The maximum Gasteiger partial charge on any atom is 0.305 e. The standard InChI is InChI=1S/C28H32N2O5/c1-3-4-5-6-26(22-11-16-25(30-19-22)20-7-12-23(34-2)13-8-20)35-24-14-9-21(10-15-24)28(33)29-18-17-27(31)32/h7-16,19,26H,3-6,17-18H2,1-2H3,(H,29,33)(H,31,32). The minimum atomic E-state index is -0.949. The summed E-state index contributed by atoms with van der Waals surface area (Å²) in [5.41, 5.74) is 3.34. The number of nitrogens with one attached hydrogen (secondary N) is 1. The van der Waals surface area contributed by atoms with Crippen LogP contribution in [0.4, 0.5) is 0 Å². The van der Waals surface area contributed by atoms with Crippen LogP contribution in [0.15, 0.2) is 66.9 Å². The fourth-order valence-corrected chi connectivity index (χ4v) is 3.64. The zero-order chi connectivity index (χ0) is 25.0. The molecule has 1 unspecified atom stereocenters. The molecule has 35 heavy (non-hydrogen) atoms. The van der Waals surface area contributed by atoms with E-state index in [2.05, 4.69) is 17.2 Å². The molecule has 0 aliphatic rings. The number of unbranched alkanes of at least 4 members (excludes halogenated alkanes) is 2. The Balaban J connectivity index is 1.69. The Kier molecular flexibility index (Phi) is 9.66. The number of rotatable bonds is 13. The third kappa shape index (κ3) is 7.84. The monoisotopic (exact) mass is 476 g/mol. The average molecular weight is 477 g/mol. The van der Waals surface area contributed by atoms with Crippen molar-refractivity contribution >= 4 is 11.9 Å². The minimum Gasteiger partial charge on any atom is -0.497 e. The van der Waals surface area contributed by atoms with Gasteiger partial charge in [-0.3, -0.25) is 14.6 Å². The second-order valence-electron chi connectivity index (χ2n) is 8.23. The van der Waals surface area contributed by atoms with Crippen molar-refractivity contribution in [3.05, 3.63) is 78.0 Å². The summed E-state index contributed by atoms with van der Waals surface area (Å²) in [5, 5.41) is 11.3. The van der Waals surface area contributed by atoms with Gasteiger partial charge >= 0.3 is 5.97 Å². The third-order valence-corrected chi connectivity index (χ3v) is 5.63. The number of carbonyl (C=O) groups excluding carboxylic acids is 1. The molecule has 0 bridgehead atoms. The van der Waals surface area contributed by atoms with Gasteiger partial charge in [0.2, 0.25) is 0 Å². The maximum absolute atomic E-state index is 12.2. The van der Waals surface area contributed by atoms with E-state index < -0.39 is 5.97 Å². The number of aromatic nitrogens is 1. The molecule has 0 saturated carbocycles. The van der Waals surface area contributed by atoms with Gasteiger partial charge in [-0.05, 0) is 67.4 Å². The largest absolute Gasteiger partial charge is 0.497 e. The number of amides is 1. The first-order chi connectivity index (χ1) is 17.0. The molecular formula is C28H32N2O5. The van der Waals surface area contributed by atoms with Crippen LogP contribution in [0.1, 0.15) is 61.1 Å². The van der Waals surface area contributed by atoms with E-state index in [-0.39, 0.29) is 25.0 Å². The molecule has 7 heteroatoms. The molecule has 1 heterocycles. The second-order valence-corrected chi connectivity index (χ2v) is 8.23. The Hall–Kier alpha value is -3.87. The van der Waals surface area contributed by atoms with Crippen LogP contribution in [0, 0.1) is 0 Å². The van der Waals surface area contributed by atoms with Crippen molar-refractivity contribution in [3.63, 3.8) is 0 Å². The third-order valence-electron chi connectivity index (χ3n) is 5.63. The van der Waals surface area contributed by atoms with Gasteiger partial charge in [-0.1, -0.05) is 25.8 Å². The Labute approximate surface area is 206 Å². The van der Waals surface area contributed by atoms with Crippen LogP contribution in [0.5, 0.6) is 11.5 Å². The van der Waals surface area contributed by atoms with Crippen molar-refractivity contribution in [1.29, 1.82) is 0 Å². The number of pyridine rings is 1. The predicted octanol–water partition coefficient (Wildman–Crippen LogP) is 5.66. The number of aliphatic carboxylic acids is 1. The van der Waals surface area contributed by atoms with Crippen LogP contribution in [-0.4, -0.2) is 35.6 Å². The Morgan fingerprint density at radius 1 is 0.971 bits per heavy atom. The van der Waals surface area contributed by atoms with Crippen LogP contribution in [0.25, 0.3) is 11.3 Å². The quantitative estimate of drug-likeness (QED) is 0.309. The molecule has 2 N–H and O–H groups in total. The molecule has 0 spiro atoms. The number of nitrogens with zero attached hydrogens (tertiary/aromatic N) is 1. The predicted molar refractivity (Wildman–Crippen MR) is 135 cm³/mol. The lowest BCUT2D eigenvalue weighted by Gasteiger charge is -2.20. The molecule has 0 radical (unpaired) electrons. The van der Waals surface area contributed by atoms with Crippen molar-refractivity contribution in [3.8, 4) is 22.8 Å². The van der Waals surface area contributed by atoms with E-state index in [1.807, 2.05) is 42.6 Å². The first kappa shape index (κ1) is 25.7. The Bertz CT molecular complexity index is 1080. The van der Waals surface area contributed by atoms with Gasteiger partial charge in [-0.15, -0.1) is 0 Å². The zero-order valence-corrected chi connectivity index (χ0v) is 20.2. The van der Waals surface area contributed by atoms with E-state index in [1.165, 1.54) is 0 Å². The minimum absolute atomic E-state index is 0.0887. The van der Waals surface area contributed by atoms with Crippen LogP contribution in [0.3, 0.4) is 0 Å². The SMILES string of the molecule is CCCCCC(Oc1ccc(C(=O)NCCC(=O)O)cc1)c1ccc(-c2ccc(OC)cc2)nc1. The molecule has 0 saturated heterocycles. The normalized spacial score (nSPS) is 11.5. The molecule has 2 aromatic carbocycles. The number of ether oxygens (including phenoxy) is 2. The summed E-state index contributed by atoms with van der Waals surface area (Å²) in [6, 6.07) is 18.7. The lowest BCUT2D eigenvalue weighted by molar-refractivity contribution is -0.136. The van der Waals surface area contributed by atoms with Crippen molar-refractivity contribution in [1.82, 2.24) is 10.3 Å². The van der Waals surface area contributed by atoms with Crippen LogP contribution in [-0.2, 0) is 4.79 Å². The topological polar surface area (TPSA) is 97.8 Å². The molecule has 3 rings (SSSR count). The fourth-order valence-electron chi connectivity index (χ4n) is 3.64. The van der Waals surface area contributed by atoms with E-state index >= 15 is 0 Å². The first-order valence-corrected chi connectivity index (χ1v) is 11.9. The lowest BCUT2D eigenvalue weighted by atomic mass is 10.0. The summed E-state index contributed by atoms with van der Waals surface area (Å²) in [4.78, 5) is 27.5. The summed E-state index contributed by atoms with van der Waals surface area (Å²) in [6.45, 7) is 2.26. The molecule has 1 aromatic heterocycles. The van der Waals surface area contributed by atoms with Gasteiger partial charge in [0.05, 0.1) is 19.2 Å². The lowest BCUT2D eigenvalue weighted by Crippen LogP contribution is -2.25. The number of carbonyl (C=O) groups is 2. The molecule has 1 amide bonds. The highest BCUT2D eigenvalue weighted by atomic mass is 16.5. The molecule has 0 fully saturated rings. The van der Waals surface area contributed by atoms with Gasteiger partial charge in [-0.25, -0.2) is 0 Å². The van der Waals surface area contributed by atoms with Crippen LogP contribution < -0.4 is 14.8 Å². The molecule has 1 atom stereocenters. The van der Waals surface area contributed by atoms with Gasteiger partial charge in [0.1, 0.15) is 17.6 Å². The second kappa shape index (κ2) is 13.1. The van der Waals surface area contributed by atoms with E-state index in [9.17, 15) is 9.59 Å². The molecule has 0 aliphatic heterocycles. The number of benzene rings is 2. The highest BCUT2D eigenvalue weighted by molar-refractivity contribution is 5.94. The average Bonchev–Trinajstić information content (AvgIpc) is 2.88. The van der Waals surface area contributed by atoms with Gasteiger partial charge in [0.15, 0.2) is 0 Å². The van der Waals surface area contributed by atoms with Crippen molar-refractivity contribution in [2.24, 2.45) is 0 Å². The van der Waals surface area contributed by atoms with E-state index in [1.54, 1.807) is 31.4 Å². The van der Waals surface area contributed by atoms with Gasteiger partial charge in [0, 0.05) is 29.4 Å². The zero-order valence-electron chi connectivity index (χ0n) is 20.2. The molecule has 184 valence electrons. The summed E-state index contributed by atoms with van der Waals surface area (Å²) in [5.74, 6) is 0.205. The number of hydrogen-bond donors (Lipinski definition) is 2. The van der Waals surface area contributed by atoms with E-state index in [0.29, 0.717) is 11.3 Å². The Morgan fingerprint density at radius 2 is 1.69 bits per heavy atom. The highest BCUT2D eigenvalue weighted by Gasteiger charge is 2.15. The van der Waals surface area contributed by atoms with Crippen LogP contribution >= 0.6 is 0 Å². The molecule has 0 aliphatic carbocycles. The molecular weight excluding hydrogens is 444 g/mol. The number of hydrogen-bond acceptors (Lipinski definition) is 5.